The van der Waals surface area contributed by atoms with E-state index in [4.69, 9.17) is 9.47 Å². The van der Waals surface area contributed by atoms with Gasteiger partial charge in [-0.2, -0.15) is 0 Å². The molecular weight excluding hydrogens is 212 g/mol. The van der Waals surface area contributed by atoms with Crippen LogP contribution < -0.4 is 4.74 Å². The summed E-state index contributed by atoms with van der Waals surface area (Å²) in [6, 6.07) is 6.52. The van der Waals surface area contributed by atoms with E-state index in [2.05, 4.69) is 45.9 Å². The molecule has 1 aromatic rings. The fraction of sp³-hybridized carbons (Fsp3) is 0.600. The lowest BCUT2D eigenvalue weighted by Gasteiger charge is -2.40. The van der Waals surface area contributed by atoms with Crippen LogP contribution in [0.25, 0.3) is 0 Å². The van der Waals surface area contributed by atoms with Gasteiger partial charge in [0.1, 0.15) is 5.75 Å². The van der Waals surface area contributed by atoms with E-state index in [1.54, 1.807) is 7.11 Å². The van der Waals surface area contributed by atoms with Gasteiger partial charge in [0.25, 0.3) is 0 Å². The fourth-order valence-corrected chi connectivity index (χ4v) is 2.21. The minimum Gasteiger partial charge on any atom is -0.496 e. The molecule has 0 unspecified atom stereocenters. The molecule has 0 radical (unpaired) electrons. The molecule has 0 spiro atoms. The monoisotopic (exact) mass is 234 g/mol. The molecule has 0 aliphatic carbocycles. The molecule has 0 saturated carbocycles. The van der Waals surface area contributed by atoms with Crippen LogP contribution in [0.3, 0.4) is 0 Å². The Morgan fingerprint density at radius 2 is 1.88 bits per heavy atom. The van der Waals surface area contributed by atoms with Crippen molar-refractivity contribution in [1.82, 2.24) is 0 Å². The summed E-state index contributed by atoms with van der Waals surface area (Å²) in [4.78, 5) is 0. The van der Waals surface area contributed by atoms with Crippen molar-refractivity contribution >= 4 is 0 Å². The molecule has 1 heterocycles. The van der Waals surface area contributed by atoms with E-state index in [1.165, 1.54) is 11.1 Å². The van der Waals surface area contributed by atoms with Crippen LogP contribution >= 0.6 is 0 Å². The maximum atomic E-state index is 5.48. The Hall–Kier alpha value is -1.02. The molecule has 1 aliphatic heterocycles. The highest BCUT2D eigenvalue weighted by Crippen LogP contribution is 2.39. The Kier molecular flexibility index (Phi) is 2.94. The molecule has 2 heteroatoms. The second kappa shape index (κ2) is 4.02. The molecule has 17 heavy (non-hydrogen) atoms. The first-order valence-electron chi connectivity index (χ1n) is 6.13. The first kappa shape index (κ1) is 12.4. The Morgan fingerprint density at radius 1 is 1.24 bits per heavy atom. The van der Waals surface area contributed by atoms with Gasteiger partial charge in [-0.05, 0) is 17.0 Å². The lowest BCUT2D eigenvalue weighted by molar-refractivity contribution is -0.0509. The van der Waals surface area contributed by atoms with Crippen LogP contribution in [0.1, 0.15) is 38.8 Å². The van der Waals surface area contributed by atoms with Crippen LogP contribution in [-0.4, -0.2) is 20.3 Å². The Morgan fingerprint density at radius 3 is 2.29 bits per heavy atom. The second-order valence-electron chi connectivity index (χ2n) is 6.22. The summed E-state index contributed by atoms with van der Waals surface area (Å²) in [6.07, 6.45) is 0. The summed E-state index contributed by atoms with van der Waals surface area (Å²) in [5, 5.41) is 0. The number of hydrogen-bond donors (Lipinski definition) is 0. The van der Waals surface area contributed by atoms with Crippen molar-refractivity contribution in [3.05, 3.63) is 29.3 Å². The highest BCUT2D eigenvalue weighted by atomic mass is 16.5. The third kappa shape index (κ3) is 2.19. The van der Waals surface area contributed by atoms with Crippen molar-refractivity contribution in [3.63, 3.8) is 0 Å². The topological polar surface area (TPSA) is 18.5 Å². The minimum atomic E-state index is 0.118. The fourth-order valence-electron chi connectivity index (χ4n) is 2.21. The van der Waals surface area contributed by atoms with Gasteiger partial charge in [0.05, 0.1) is 20.3 Å². The number of rotatable bonds is 2. The van der Waals surface area contributed by atoms with Crippen LogP contribution in [-0.2, 0) is 15.6 Å². The molecule has 0 atom stereocenters. The highest BCUT2D eigenvalue weighted by Gasteiger charge is 2.38. The molecule has 0 N–H and O–H groups in total. The number of benzene rings is 1. The maximum Gasteiger partial charge on any atom is 0.122 e. The normalized spacial score (nSPS) is 18.6. The minimum absolute atomic E-state index is 0.118. The molecule has 1 aromatic carbocycles. The van der Waals surface area contributed by atoms with E-state index in [-0.39, 0.29) is 10.8 Å². The molecular formula is C15H22O2. The SMILES string of the molecule is COc1ccc(C(C)(C)C)cc1C1(C)COC1. The lowest BCUT2D eigenvalue weighted by Crippen LogP contribution is -2.44. The molecule has 0 bridgehead atoms. The summed E-state index contributed by atoms with van der Waals surface area (Å²) in [7, 11) is 1.73. The van der Waals surface area contributed by atoms with Gasteiger partial charge in [0.15, 0.2) is 0 Å². The number of ether oxygens (including phenoxy) is 2. The van der Waals surface area contributed by atoms with Crippen molar-refractivity contribution in [1.29, 1.82) is 0 Å². The van der Waals surface area contributed by atoms with E-state index < -0.39 is 0 Å². The van der Waals surface area contributed by atoms with E-state index in [1.807, 2.05) is 0 Å². The van der Waals surface area contributed by atoms with Gasteiger partial charge >= 0.3 is 0 Å². The number of methoxy groups -OCH3 is 1. The molecule has 1 aliphatic rings. The van der Waals surface area contributed by atoms with E-state index >= 15 is 0 Å². The van der Waals surface area contributed by atoms with Crippen molar-refractivity contribution in [3.8, 4) is 5.75 Å². The number of hydrogen-bond acceptors (Lipinski definition) is 2. The van der Waals surface area contributed by atoms with E-state index in [0.717, 1.165) is 19.0 Å². The molecule has 0 amide bonds. The van der Waals surface area contributed by atoms with Crippen LogP contribution in [0.4, 0.5) is 0 Å². The molecule has 2 rings (SSSR count). The summed E-state index contributed by atoms with van der Waals surface area (Å²) < 4.78 is 10.8. The predicted molar refractivity (Wildman–Crippen MR) is 69.9 cm³/mol. The van der Waals surface area contributed by atoms with Gasteiger partial charge < -0.3 is 9.47 Å². The lowest BCUT2D eigenvalue weighted by atomic mass is 9.77. The van der Waals surface area contributed by atoms with Gasteiger partial charge in [0.2, 0.25) is 0 Å². The maximum absolute atomic E-state index is 5.48. The summed E-state index contributed by atoms with van der Waals surface area (Å²) in [6.45, 7) is 10.5. The van der Waals surface area contributed by atoms with Crippen molar-refractivity contribution < 1.29 is 9.47 Å². The van der Waals surface area contributed by atoms with E-state index in [0.29, 0.717) is 0 Å². The quantitative estimate of drug-likeness (QED) is 0.782. The largest absolute Gasteiger partial charge is 0.496 e. The highest BCUT2D eigenvalue weighted by molar-refractivity contribution is 5.45. The molecule has 94 valence electrons. The molecule has 0 aromatic heterocycles. The average Bonchev–Trinajstić information content (AvgIpc) is 2.23. The Labute approximate surface area is 104 Å². The van der Waals surface area contributed by atoms with Gasteiger partial charge in [-0.25, -0.2) is 0 Å². The van der Waals surface area contributed by atoms with Gasteiger partial charge in [-0.15, -0.1) is 0 Å². The molecule has 1 fully saturated rings. The first-order valence-corrected chi connectivity index (χ1v) is 6.13. The van der Waals surface area contributed by atoms with Crippen LogP contribution in [0, 0.1) is 0 Å². The van der Waals surface area contributed by atoms with Crippen LogP contribution in [0.5, 0.6) is 5.75 Å². The third-order valence-corrected chi connectivity index (χ3v) is 3.56. The Bertz CT molecular complexity index is 411. The Balaban J connectivity index is 2.47. The van der Waals surface area contributed by atoms with Crippen molar-refractivity contribution in [2.75, 3.05) is 20.3 Å². The summed E-state index contributed by atoms with van der Waals surface area (Å²) in [5.74, 6) is 0.976. The first-order chi connectivity index (χ1) is 7.87. The zero-order valence-corrected chi connectivity index (χ0v) is 11.5. The zero-order chi connectivity index (χ0) is 12.7. The second-order valence-corrected chi connectivity index (χ2v) is 6.22. The van der Waals surface area contributed by atoms with Gasteiger partial charge in [0, 0.05) is 11.0 Å². The zero-order valence-electron chi connectivity index (χ0n) is 11.5. The van der Waals surface area contributed by atoms with Gasteiger partial charge in [-0.1, -0.05) is 39.8 Å². The molecule has 1 saturated heterocycles. The summed E-state index contributed by atoms with van der Waals surface area (Å²) in [5.41, 5.74) is 2.91. The van der Waals surface area contributed by atoms with Crippen LogP contribution in [0.15, 0.2) is 18.2 Å². The van der Waals surface area contributed by atoms with E-state index in [9.17, 15) is 0 Å². The van der Waals surface area contributed by atoms with Crippen molar-refractivity contribution in [2.45, 2.75) is 38.5 Å². The predicted octanol–water partition coefficient (Wildman–Crippen LogP) is 3.28. The van der Waals surface area contributed by atoms with Crippen molar-refractivity contribution in [2.24, 2.45) is 0 Å². The van der Waals surface area contributed by atoms with Gasteiger partial charge in [-0.3, -0.25) is 0 Å². The standard InChI is InChI=1S/C15H22O2/c1-14(2,3)11-6-7-13(16-5)12(8-11)15(4)9-17-10-15/h6-8H,9-10H2,1-5H3. The smallest absolute Gasteiger partial charge is 0.122 e. The summed E-state index contributed by atoms with van der Waals surface area (Å²) >= 11 is 0. The average molecular weight is 234 g/mol. The molecule has 2 nitrogen and oxygen atoms in total. The third-order valence-electron chi connectivity index (χ3n) is 3.56. The van der Waals surface area contributed by atoms with Crippen LogP contribution in [0.2, 0.25) is 0 Å².